The molecule has 0 spiro atoms. The molecular formula is C15H20N2O. The maximum Gasteiger partial charge on any atom is 0.0688 e. The average molecular weight is 244 g/mol. The molecule has 2 aromatic rings. The Hall–Kier alpha value is -1.32. The van der Waals surface area contributed by atoms with Crippen LogP contribution >= 0.6 is 0 Å². The highest BCUT2D eigenvalue weighted by Crippen LogP contribution is 2.20. The normalized spacial score (nSPS) is 16.7. The lowest BCUT2D eigenvalue weighted by molar-refractivity contribution is 0.283. The first-order chi connectivity index (χ1) is 8.88. The van der Waals surface area contributed by atoms with Crippen LogP contribution in [0.1, 0.15) is 18.4 Å². The van der Waals surface area contributed by atoms with Crippen molar-refractivity contribution in [3.8, 4) is 0 Å². The Morgan fingerprint density at radius 2 is 1.89 bits per heavy atom. The van der Waals surface area contributed by atoms with Gasteiger partial charge in [0.15, 0.2) is 0 Å². The number of aliphatic hydroxyl groups excluding tert-OH is 1. The van der Waals surface area contributed by atoms with Gasteiger partial charge in [-0.25, -0.2) is 0 Å². The zero-order chi connectivity index (χ0) is 12.4. The highest BCUT2D eigenvalue weighted by molar-refractivity contribution is 5.83. The standard InChI is InChI=1S/C15H20N2O/c18-12-13-4-3-5-15-14(13)6-9-17(15)11-10-16-7-1-2-8-16/h3-6,9,18H,1-2,7-8,10-12H2. The van der Waals surface area contributed by atoms with Crippen molar-refractivity contribution in [2.45, 2.75) is 26.0 Å². The summed E-state index contributed by atoms with van der Waals surface area (Å²) < 4.78 is 2.30. The number of aliphatic hydroxyl groups is 1. The van der Waals surface area contributed by atoms with E-state index in [4.69, 9.17) is 0 Å². The topological polar surface area (TPSA) is 28.4 Å². The van der Waals surface area contributed by atoms with E-state index < -0.39 is 0 Å². The van der Waals surface area contributed by atoms with Crippen LogP contribution in [0.15, 0.2) is 30.5 Å². The van der Waals surface area contributed by atoms with E-state index >= 15 is 0 Å². The number of benzene rings is 1. The molecule has 3 heteroatoms. The molecule has 1 aromatic carbocycles. The molecule has 1 aromatic heterocycles. The molecule has 0 bridgehead atoms. The van der Waals surface area contributed by atoms with Crippen LogP contribution in [0.5, 0.6) is 0 Å². The molecule has 96 valence electrons. The van der Waals surface area contributed by atoms with Gasteiger partial charge in [0.05, 0.1) is 6.61 Å². The molecule has 0 saturated carbocycles. The smallest absolute Gasteiger partial charge is 0.0688 e. The maximum atomic E-state index is 9.33. The minimum absolute atomic E-state index is 0.119. The lowest BCUT2D eigenvalue weighted by Gasteiger charge is -2.15. The molecular weight excluding hydrogens is 224 g/mol. The highest BCUT2D eigenvalue weighted by atomic mass is 16.3. The van der Waals surface area contributed by atoms with E-state index in [1.807, 2.05) is 12.1 Å². The van der Waals surface area contributed by atoms with Crippen molar-refractivity contribution in [2.75, 3.05) is 19.6 Å². The second-order valence-electron chi connectivity index (χ2n) is 5.07. The molecule has 0 aliphatic carbocycles. The molecule has 2 heterocycles. The molecule has 1 fully saturated rings. The van der Waals surface area contributed by atoms with Gasteiger partial charge in [0.25, 0.3) is 0 Å². The Balaban J connectivity index is 1.79. The molecule has 18 heavy (non-hydrogen) atoms. The van der Waals surface area contributed by atoms with Gasteiger partial charge in [-0.2, -0.15) is 0 Å². The van der Waals surface area contributed by atoms with E-state index in [9.17, 15) is 5.11 Å². The fourth-order valence-corrected chi connectivity index (χ4v) is 2.88. The lowest BCUT2D eigenvalue weighted by atomic mass is 10.1. The van der Waals surface area contributed by atoms with Crippen LogP contribution in [0.3, 0.4) is 0 Å². The number of aromatic nitrogens is 1. The van der Waals surface area contributed by atoms with Crippen LogP contribution in [0.2, 0.25) is 0 Å². The monoisotopic (exact) mass is 244 g/mol. The summed E-state index contributed by atoms with van der Waals surface area (Å²) in [6, 6.07) is 8.27. The Morgan fingerprint density at radius 1 is 1.06 bits per heavy atom. The van der Waals surface area contributed by atoms with Crippen molar-refractivity contribution >= 4 is 10.9 Å². The lowest BCUT2D eigenvalue weighted by Crippen LogP contribution is -2.23. The largest absolute Gasteiger partial charge is 0.392 e. The minimum Gasteiger partial charge on any atom is -0.392 e. The van der Waals surface area contributed by atoms with Gasteiger partial charge < -0.3 is 14.6 Å². The molecule has 3 rings (SSSR count). The number of fused-ring (bicyclic) bond motifs is 1. The summed E-state index contributed by atoms with van der Waals surface area (Å²) >= 11 is 0. The first kappa shape index (κ1) is 11.8. The molecule has 0 unspecified atom stereocenters. The number of rotatable bonds is 4. The zero-order valence-corrected chi connectivity index (χ0v) is 10.7. The van der Waals surface area contributed by atoms with Crippen LogP contribution in [0.4, 0.5) is 0 Å². The van der Waals surface area contributed by atoms with Crippen LogP contribution in [0.25, 0.3) is 10.9 Å². The molecule has 1 aliphatic rings. The van der Waals surface area contributed by atoms with Crippen molar-refractivity contribution in [1.29, 1.82) is 0 Å². The van der Waals surface area contributed by atoms with Gasteiger partial charge in [-0.15, -0.1) is 0 Å². The first-order valence-electron chi connectivity index (χ1n) is 6.78. The third kappa shape index (κ3) is 2.16. The molecule has 1 aliphatic heterocycles. The van der Waals surface area contributed by atoms with Crippen molar-refractivity contribution in [2.24, 2.45) is 0 Å². The van der Waals surface area contributed by atoms with Gasteiger partial charge in [0.2, 0.25) is 0 Å². The molecule has 1 N–H and O–H groups in total. The van der Waals surface area contributed by atoms with Crippen LogP contribution in [0, 0.1) is 0 Å². The summed E-state index contributed by atoms with van der Waals surface area (Å²) in [5, 5.41) is 10.5. The third-order valence-electron chi connectivity index (χ3n) is 3.93. The van der Waals surface area contributed by atoms with Gasteiger partial charge >= 0.3 is 0 Å². The number of hydrogen-bond donors (Lipinski definition) is 1. The average Bonchev–Trinajstić information content (AvgIpc) is 3.05. The third-order valence-corrected chi connectivity index (χ3v) is 3.93. The predicted molar refractivity (Wildman–Crippen MR) is 73.5 cm³/mol. The fraction of sp³-hybridized carbons (Fsp3) is 0.467. The summed E-state index contributed by atoms with van der Waals surface area (Å²) in [7, 11) is 0. The SMILES string of the molecule is OCc1cccc2c1ccn2CCN1CCCC1. The zero-order valence-electron chi connectivity index (χ0n) is 10.7. The number of hydrogen-bond acceptors (Lipinski definition) is 2. The molecule has 1 saturated heterocycles. The Kier molecular flexibility index (Phi) is 3.35. The Bertz CT molecular complexity index is 526. The summed E-state index contributed by atoms with van der Waals surface area (Å²) in [4.78, 5) is 2.53. The van der Waals surface area contributed by atoms with Gasteiger partial charge in [-0.05, 0) is 43.6 Å². The summed E-state index contributed by atoms with van der Waals surface area (Å²) in [6.45, 7) is 4.79. The van der Waals surface area contributed by atoms with Gasteiger partial charge in [-0.1, -0.05) is 12.1 Å². The second kappa shape index (κ2) is 5.12. The van der Waals surface area contributed by atoms with Crippen molar-refractivity contribution in [3.63, 3.8) is 0 Å². The Labute approximate surface area is 108 Å². The van der Waals surface area contributed by atoms with Gasteiger partial charge in [0, 0.05) is 30.2 Å². The van der Waals surface area contributed by atoms with Crippen molar-refractivity contribution in [3.05, 3.63) is 36.0 Å². The molecule has 0 radical (unpaired) electrons. The van der Waals surface area contributed by atoms with Crippen molar-refractivity contribution < 1.29 is 5.11 Å². The highest BCUT2D eigenvalue weighted by Gasteiger charge is 2.11. The van der Waals surface area contributed by atoms with E-state index in [1.54, 1.807) is 0 Å². The molecule has 0 atom stereocenters. The van der Waals surface area contributed by atoms with E-state index in [1.165, 1.54) is 36.8 Å². The molecule has 0 amide bonds. The van der Waals surface area contributed by atoms with Gasteiger partial charge in [0.1, 0.15) is 0 Å². The summed E-state index contributed by atoms with van der Waals surface area (Å²) in [5.74, 6) is 0. The minimum atomic E-state index is 0.119. The van der Waals surface area contributed by atoms with E-state index in [2.05, 4.69) is 27.8 Å². The first-order valence-corrected chi connectivity index (χ1v) is 6.78. The predicted octanol–water partition coefficient (Wildman–Crippen LogP) is 2.23. The van der Waals surface area contributed by atoms with Gasteiger partial charge in [-0.3, -0.25) is 0 Å². The van der Waals surface area contributed by atoms with Crippen molar-refractivity contribution in [1.82, 2.24) is 9.47 Å². The van der Waals surface area contributed by atoms with E-state index in [0.29, 0.717) is 0 Å². The molecule has 3 nitrogen and oxygen atoms in total. The van der Waals surface area contributed by atoms with E-state index in [-0.39, 0.29) is 6.61 Å². The Morgan fingerprint density at radius 3 is 2.67 bits per heavy atom. The van der Waals surface area contributed by atoms with Crippen LogP contribution in [-0.2, 0) is 13.2 Å². The number of likely N-dealkylation sites (tertiary alicyclic amines) is 1. The number of nitrogens with zero attached hydrogens (tertiary/aromatic N) is 2. The van der Waals surface area contributed by atoms with Crippen LogP contribution < -0.4 is 0 Å². The van der Waals surface area contributed by atoms with Crippen LogP contribution in [-0.4, -0.2) is 34.2 Å². The maximum absolute atomic E-state index is 9.33. The summed E-state index contributed by atoms with van der Waals surface area (Å²) in [6.07, 6.45) is 4.84. The van der Waals surface area contributed by atoms with E-state index in [0.717, 1.165) is 18.7 Å². The summed E-state index contributed by atoms with van der Waals surface area (Å²) in [5.41, 5.74) is 2.26. The second-order valence-corrected chi connectivity index (χ2v) is 5.07. The quantitative estimate of drug-likeness (QED) is 0.893. The fourth-order valence-electron chi connectivity index (χ4n) is 2.88.